The van der Waals surface area contributed by atoms with Crippen LogP contribution in [0, 0.1) is 0 Å². The first-order valence-electron chi connectivity index (χ1n) is 10.9. The minimum absolute atomic E-state index is 0.0534. The number of amides is 4. The van der Waals surface area contributed by atoms with Crippen molar-refractivity contribution in [3.63, 3.8) is 0 Å². The van der Waals surface area contributed by atoms with Gasteiger partial charge in [-0.25, -0.2) is 9.78 Å². The Kier molecular flexibility index (Phi) is 11.0. The molecule has 1 aromatic carbocycles. The van der Waals surface area contributed by atoms with Crippen LogP contribution in [-0.2, 0) is 32.1 Å². The van der Waals surface area contributed by atoms with E-state index in [-0.39, 0.29) is 13.0 Å². The van der Waals surface area contributed by atoms with Gasteiger partial charge in [-0.15, -0.1) is 0 Å². The molecule has 2 rings (SSSR count). The Bertz CT molecular complexity index is 921. The zero-order valence-corrected chi connectivity index (χ0v) is 18.8. The molecule has 0 aliphatic heterocycles. The molecular formula is C22H31N7O5. The smallest absolute Gasteiger partial charge is 0.407 e. The molecule has 4 amide bonds. The topological polar surface area (TPSA) is 194 Å². The van der Waals surface area contributed by atoms with Gasteiger partial charge in [0.15, 0.2) is 0 Å². The lowest BCUT2D eigenvalue weighted by Crippen LogP contribution is -2.54. The Hall–Kier alpha value is -3.93. The molecule has 12 heteroatoms. The summed E-state index contributed by atoms with van der Waals surface area (Å²) >= 11 is 0. The molecule has 0 saturated carbocycles. The molecule has 0 unspecified atom stereocenters. The average Bonchev–Trinajstić information content (AvgIpc) is 3.34. The number of nitrogens with zero attached hydrogens (tertiary/aromatic N) is 1. The number of benzene rings is 1. The summed E-state index contributed by atoms with van der Waals surface area (Å²) in [6, 6.07) is 7.14. The van der Waals surface area contributed by atoms with Crippen molar-refractivity contribution < 1.29 is 23.9 Å². The van der Waals surface area contributed by atoms with E-state index < -0.39 is 42.4 Å². The number of aromatic nitrogens is 2. The molecule has 0 saturated heterocycles. The van der Waals surface area contributed by atoms with Gasteiger partial charge in [-0.1, -0.05) is 30.3 Å². The molecule has 2 atom stereocenters. The molecule has 12 nitrogen and oxygen atoms in total. The maximum Gasteiger partial charge on any atom is 0.407 e. The van der Waals surface area contributed by atoms with Crippen LogP contribution in [0.1, 0.15) is 30.5 Å². The summed E-state index contributed by atoms with van der Waals surface area (Å²) in [5, 5.41) is 7.47. The normalized spacial score (nSPS) is 12.3. The van der Waals surface area contributed by atoms with E-state index in [1.807, 2.05) is 18.2 Å². The van der Waals surface area contributed by atoms with Crippen molar-refractivity contribution in [3.05, 3.63) is 54.1 Å². The predicted molar refractivity (Wildman–Crippen MR) is 123 cm³/mol. The number of nitrogens with two attached hydrogens (primary N) is 2. The van der Waals surface area contributed by atoms with E-state index >= 15 is 0 Å². The van der Waals surface area contributed by atoms with Gasteiger partial charge in [0.1, 0.15) is 25.2 Å². The second-order valence-electron chi connectivity index (χ2n) is 7.56. The van der Waals surface area contributed by atoms with E-state index in [0.29, 0.717) is 31.5 Å². The molecule has 1 aromatic heterocycles. The number of carbonyl (C=O) groups excluding carboxylic acids is 4. The van der Waals surface area contributed by atoms with Gasteiger partial charge in [0.25, 0.3) is 0 Å². The summed E-state index contributed by atoms with van der Waals surface area (Å²) in [4.78, 5) is 55.6. The summed E-state index contributed by atoms with van der Waals surface area (Å²) in [6.07, 6.45) is 3.88. The highest BCUT2D eigenvalue weighted by atomic mass is 16.5. The number of H-pyrrole nitrogens is 1. The Labute approximate surface area is 197 Å². The van der Waals surface area contributed by atoms with Gasteiger partial charge in [-0.3, -0.25) is 14.4 Å². The van der Waals surface area contributed by atoms with Gasteiger partial charge in [-0.05, 0) is 31.4 Å². The first kappa shape index (κ1) is 26.3. The molecule has 0 fully saturated rings. The van der Waals surface area contributed by atoms with Crippen LogP contribution in [0.4, 0.5) is 4.79 Å². The van der Waals surface area contributed by atoms with E-state index in [0.717, 1.165) is 5.56 Å². The van der Waals surface area contributed by atoms with Crippen molar-refractivity contribution in [2.45, 2.75) is 44.4 Å². The van der Waals surface area contributed by atoms with E-state index in [4.69, 9.17) is 16.2 Å². The van der Waals surface area contributed by atoms with E-state index in [1.54, 1.807) is 12.1 Å². The maximum absolute atomic E-state index is 12.8. The van der Waals surface area contributed by atoms with Crippen molar-refractivity contribution in [1.29, 1.82) is 0 Å². The van der Waals surface area contributed by atoms with Crippen LogP contribution in [0.15, 0.2) is 42.9 Å². The number of nitrogens with one attached hydrogen (secondary N) is 4. The summed E-state index contributed by atoms with van der Waals surface area (Å²) < 4.78 is 5.06. The van der Waals surface area contributed by atoms with Crippen molar-refractivity contribution in [1.82, 2.24) is 25.9 Å². The number of ether oxygens (including phenoxy) is 1. The second kappa shape index (κ2) is 14.3. The van der Waals surface area contributed by atoms with Crippen LogP contribution in [0.5, 0.6) is 0 Å². The van der Waals surface area contributed by atoms with E-state index in [9.17, 15) is 19.2 Å². The summed E-state index contributed by atoms with van der Waals surface area (Å²) in [7, 11) is 0. The fourth-order valence-corrected chi connectivity index (χ4v) is 3.05. The standard InChI is InChI=1S/C22H31N7O5/c23-9-5-4-8-17(20(24)31)29-21(32)18(10-16-11-25-14-27-16)28-19(30)12-26-22(33)34-13-15-6-2-1-3-7-15/h1-3,6-7,11,14,17-18H,4-5,8-10,12-13,23H2,(H2,24,31)(H,25,27)(H,26,33)(H,28,30)(H,29,32)/t17-,18-/m0/s1. The molecule has 0 radical (unpaired) electrons. The Morgan fingerprint density at radius 2 is 1.82 bits per heavy atom. The highest BCUT2D eigenvalue weighted by Gasteiger charge is 2.26. The maximum atomic E-state index is 12.8. The molecule has 0 bridgehead atoms. The van der Waals surface area contributed by atoms with Crippen molar-refractivity contribution in [3.8, 4) is 0 Å². The number of unbranched alkanes of at least 4 members (excludes halogenated alkanes) is 1. The third-order valence-electron chi connectivity index (χ3n) is 4.84. The summed E-state index contributed by atoms with van der Waals surface area (Å²) in [5.41, 5.74) is 12.3. The van der Waals surface area contributed by atoms with E-state index in [1.165, 1.54) is 12.5 Å². The van der Waals surface area contributed by atoms with Crippen LogP contribution in [0.3, 0.4) is 0 Å². The first-order chi connectivity index (χ1) is 16.4. The number of rotatable bonds is 14. The summed E-state index contributed by atoms with van der Waals surface area (Å²) in [5.74, 6) is -1.89. The van der Waals surface area contributed by atoms with Gasteiger partial charge >= 0.3 is 6.09 Å². The zero-order chi connectivity index (χ0) is 24.8. The van der Waals surface area contributed by atoms with Crippen molar-refractivity contribution in [2.24, 2.45) is 11.5 Å². The average molecular weight is 474 g/mol. The summed E-state index contributed by atoms with van der Waals surface area (Å²) in [6.45, 7) is 0.104. The number of aromatic amines is 1. The van der Waals surface area contributed by atoms with Gasteiger partial charge in [-0.2, -0.15) is 0 Å². The van der Waals surface area contributed by atoms with E-state index in [2.05, 4.69) is 25.9 Å². The van der Waals surface area contributed by atoms with Gasteiger partial charge in [0, 0.05) is 18.3 Å². The second-order valence-corrected chi connectivity index (χ2v) is 7.56. The first-order valence-corrected chi connectivity index (χ1v) is 10.9. The monoisotopic (exact) mass is 473 g/mol. The molecule has 1 heterocycles. The van der Waals surface area contributed by atoms with Gasteiger partial charge in [0.05, 0.1) is 6.33 Å². The third kappa shape index (κ3) is 9.69. The fourth-order valence-electron chi connectivity index (χ4n) is 3.05. The van der Waals surface area contributed by atoms with Crippen molar-refractivity contribution in [2.75, 3.05) is 13.1 Å². The number of hydrogen-bond acceptors (Lipinski definition) is 7. The van der Waals surface area contributed by atoms with Crippen LogP contribution < -0.4 is 27.4 Å². The van der Waals surface area contributed by atoms with Crippen molar-refractivity contribution >= 4 is 23.8 Å². The van der Waals surface area contributed by atoms with Gasteiger partial charge < -0.3 is 37.1 Å². The lowest BCUT2D eigenvalue weighted by molar-refractivity contribution is -0.131. The largest absolute Gasteiger partial charge is 0.445 e. The fraction of sp³-hybridized carbons (Fsp3) is 0.409. The lowest BCUT2D eigenvalue weighted by Gasteiger charge is -2.22. The molecule has 0 aliphatic rings. The number of alkyl carbamates (subject to hydrolysis) is 1. The number of carbonyl (C=O) groups is 4. The Morgan fingerprint density at radius 1 is 1.06 bits per heavy atom. The molecule has 184 valence electrons. The predicted octanol–water partition coefficient (Wildman–Crippen LogP) is -0.537. The Balaban J connectivity index is 1.90. The lowest BCUT2D eigenvalue weighted by atomic mass is 10.1. The number of imidazole rings is 1. The van der Waals surface area contributed by atoms with Crippen LogP contribution in [-0.4, -0.2) is 59.0 Å². The Morgan fingerprint density at radius 3 is 2.47 bits per heavy atom. The number of hydrogen-bond donors (Lipinski definition) is 6. The van der Waals surface area contributed by atoms with Crippen LogP contribution >= 0.6 is 0 Å². The molecular weight excluding hydrogens is 442 g/mol. The molecule has 8 N–H and O–H groups in total. The van der Waals surface area contributed by atoms with Crippen LogP contribution in [0.25, 0.3) is 0 Å². The quantitative estimate of drug-likeness (QED) is 0.198. The zero-order valence-electron chi connectivity index (χ0n) is 18.8. The van der Waals surface area contributed by atoms with Crippen LogP contribution in [0.2, 0.25) is 0 Å². The highest BCUT2D eigenvalue weighted by molar-refractivity contribution is 5.92. The molecule has 2 aromatic rings. The number of primary amides is 1. The SMILES string of the molecule is NCCCC[C@H](NC(=O)[C@H](Cc1cnc[nH]1)NC(=O)CNC(=O)OCc1ccccc1)C(N)=O. The molecule has 34 heavy (non-hydrogen) atoms. The minimum Gasteiger partial charge on any atom is -0.445 e. The molecule has 0 spiro atoms. The third-order valence-corrected chi connectivity index (χ3v) is 4.84. The van der Waals surface area contributed by atoms with Gasteiger partial charge in [0.2, 0.25) is 17.7 Å². The highest BCUT2D eigenvalue weighted by Crippen LogP contribution is 2.04. The molecule has 0 aliphatic carbocycles. The minimum atomic E-state index is -1.04.